The van der Waals surface area contributed by atoms with Crippen molar-refractivity contribution in [3.8, 4) is 0 Å². The third kappa shape index (κ3) is 3.39. The first-order chi connectivity index (χ1) is 9.77. The molecule has 0 spiro atoms. The first-order valence-electron chi connectivity index (χ1n) is 7.71. The highest BCUT2D eigenvalue weighted by Gasteiger charge is 2.27. The smallest absolute Gasteiger partial charge is 0.137 e. The summed E-state index contributed by atoms with van der Waals surface area (Å²) in [6.07, 6.45) is 7.05. The van der Waals surface area contributed by atoms with E-state index >= 15 is 0 Å². The Bertz CT molecular complexity index is 424. The lowest BCUT2D eigenvalue weighted by Crippen LogP contribution is -2.31. The Morgan fingerprint density at radius 2 is 2.30 bits per heavy atom. The van der Waals surface area contributed by atoms with Crippen molar-refractivity contribution in [2.45, 2.75) is 52.0 Å². The summed E-state index contributed by atoms with van der Waals surface area (Å²) < 4.78 is 0. The van der Waals surface area contributed by atoms with Gasteiger partial charge in [0.05, 0.1) is 0 Å². The van der Waals surface area contributed by atoms with Crippen LogP contribution in [0.3, 0.4) is 0 Å². The second kappa shape index (κ2) is 7.43. The van der Waals surface area contributed by atoms with Gasteiger partial charge in [-0.25, -0.2) is 9.97 Å². The molecule has 0 bridgehead atoms. The van der Waals surface area contributed by atoms with E-state index in [2.05, 4.69) is 34.0 Å². The van der Waals surface area contributed by atoms with E-state index in [1.807, 2.05) is 0 Å². The maximum Gasteiger partial charge on any atom is 0.137 e. The molecule has 1 atom stereocenters. The summed E-state index contributed by atoms with van der Waals surface area (Å²) in [6.45, 7) is 6.51. The molecule has 0 aliphatic carbocycles. The van der Waals surface area contributed by atoms with E-state index in [0.29, 0.717) is 6.04 Å². The van der Waals surface area contributed by atoms with Gasteiger partial charge in [-0.2, -0.15) is 0 Å². The summed E-state index contributed by atoms with van der Waals surface area (Å²) in [6, 6.07) is 0.509. The van der Waals surface area contributed by atoms with E-state index in [0.717, 1.165) is 49.6 Å². The lowest BCUT2D eigenvalue weighted by Gasteiger charge is -2.27. The quantitative estimate of drug-likeness (QED) is 0.801. The first kappa shape index (κ1) is 15.0. The second-order valence-corrected chi connectivity index (χ2v) is 5.45. The Kier molecular flexibility index (Phi) is 5.59. The zero-order chi connectivity index (χ0) is 14.4. The highest BCUT2D eigenvalue weighted by molar-refractivity contribution is 5.58. The fourth-order valence-electron chi connectivity index (χ4n) is 2.89. The van der Waals surface area contributed by atoms with Crippen molar-refractivity contribution in [1.82, 2.24) is 9.97 Å². The molecule has 2 rings (SSSR count). The Hall–Kier alpha value is -1.36. The average Bonchev–Trinajstić information content (AvgIpc) is 2.92. The Morgan fingerprint density at radius 3 is 3.05 bits per heavy atom. The third-order valence-corrected chi connectivity index (χ3v) is 3.94. The largest absolute Gasteiger partial charge is 0.396 e. The van der Waals surface area contributed by atoms with Crippen LogP contribution in [0.4, 0.5) is 11.6 Å². The molecule has 0 aromatic carbocycles. The fourth-order valence-corrected chi connectivity index (χ4v) is 2.89. The normalized spacial score (nSPS) is 18.6. The van der Waals surface area contributed by atoms with Crippen molar-refractivity contribution in [3.63, 3.8) is 0 Å². The Labute approximate surface area is 121 Å². The summed E-state index contributed by atoms with van der Waals surface area (Å²) in [4.78, 5) is 11.2. The van der Waals surface area contributed by atoms with E-state index in [9.17, 15) is 0 Å². The first-order valence-corrected chi connectivity index (χ1v) is 7.71. The van der Waals surface area contributed by atoms with Gasteiger partial charge >= 0.3 is 0 Å². The molecular weight excluding hydrogens is 252 g/mol. The van der Waals surface area contributed by atoms with Crippen molar-refractivity contribution in [3.05, 3.63) is 11.9 Å². The van der Waals surface area contributed by atoms with Crippen LogP contribution in [0.5, 0.6) is 0 Å². The number of aliphatic hydroxyl groups excluding tert-OH is 1. The van der Waals surface area contributed by atoms with E-state index in [1.165, 1.54) is 12.8 Å². The number of hydrogen-bond acceptors (Lipinski definition) is 5. The van der Waals surface area contributed by atoms with Crippen LogP contribution in [0.25, 0.3) is 0 Å². The molecule has 1 aromatic rings. The predicted octanol–water partition coefficient (Wildman–Crippen LogP) is 2.35. The number of nitrogens with one attached hydrogen (secondary N) is 1. The Morgan fingerprint density at radius 1 is 1.45 bits per heavy atom. The van der Waals surface area contributed by atoms with Gasteiger partial charge in [0.2, 0.25) is 0 Å². The van der Waals surface area contributed by atoms with Gasteiger partial charge in [-0.15, -0.1) is 0 Å². The molecule has 1 fully saturated rings. The molecule has 2 N–H and O–H groups in total. The minimum Gasteiger partial charge on any atom is -0.396 e. The third-order valence-electron chi connectivity index (χ3n) is 3.94. The number of aromatic nitrogens is 2. The summed E-state index contributed by atoms with van der Waals surface area (Å²) in [5.41, 5.74) is 1.14. The summed E-state index contributed by atoms with van der Waals surface area (Å²) in [5, 5.41) is 12.4. The minimum atomic E-state index is 0.274. The van der Waals surface area contributed by atoms with E-state index in [-0.39, 0.29) is 6.61 Å². The average molecular weight is 278 g/mol. The molecule has 1 saturated heterocycles. The van der Waals surface area contributed by atoms with Crippen LogP contribution >= 0.6 is 0 Å². The maximum atomic E-state index is 9.03. The lowest BCUT2D eigenvalue weighted by molar-refractivity contribution is 0.279. The standard InChI is InChI=1S/C15H26N4O/c1-3-8-16-14-12(2)15(18-11-17-14)19-9-4-6-13(19)7-5-10-20/h11,13,20H,3-10H2,1-2H3,(H,16,17,18). The fraction of sp³-hybridized carbons (Fsp3) is 0.733. The minimum absolute atomic E-state index is 0.274. The van der Waals surface area contributed by atoms with E-state index in [4.69, 9.17) is 5.11 Å². The van der Waals surface area contributed by atoms with Crippen molar-refractivity contribution in [2.24, 2.45) is 0 Å². The monoisotopic (exact) mass is 278 g/mol. The number of hydrogen-bond donors (Lipinski definition) is 2. The maximum absolute atomic E-state index is 9.03. The molecule has 0 radical (unpaired) electrons. The van der Waals surface area contributed by atoms with Crippen molar-refractivity contribution in [1.29, 1.82) is 0 Å². The van der Waals surface area contributed by atoms with Crippen molar-refractivity contribution >= 4 is 11.6 Å². The van der Waals surface area contributed by atoms with Crippen LogP contribution in [0.15, 0.2) is 6.33 Å². The topological polar surface area (TPSA) is 61.3 Å². The molecule has 5 heteroatoms. The number of nitrogens with zero attached hydrogens (tertiary/aromatic N) is 3. The molecule has 1 aliphatic rings. The van der Waals surface area contributed by atoms with Gasteiger partial charge in [0.15, 0.2) is 0 Å². The molecule has 20 heavy (non-hydrogen) atoms. The molecule has 112 valence electrons. The highest BCUT2D eigenvalue weighted by Crippen LogP contribution is 2.30. The van der Waals surface area contributed by atoms with Gasteiger partial charge in [-0.1, -0.05) is 6.92 Å². The molecule has 1 aromatic heterocycles. The van der Waals surface area contributed by atoms with Crippen LogP contribution in [0, 0.1) is 6.92 Å². The molecular formula is C15H26N4O. The van der Waals surface area contributed by atoms with Crippen LogP contribution in [-0.2, 0) is 0 Å². The summed E-state index contributed by atoms with van der Waals surface area (Å²) in [7, 11) is 0. The molecule has 2 heterocycles. The van der Waals surface area contributed by atoms with Gasteiger partial charge in [-0.3, -0.25) is 0 Å². The zero-order valence-electron chi connectivity index (χ0n) is 12.6. The summed E-state index contributed by atoms with van der Waals surface area (Å²) in [5.74, 6) is 2.00. The predicted molar refractivity (Wildman–Crippen MR) is 82.2 cm³/mol. The van der Waals surface area contributed by atoms with Crippen molar-refractivity contribution in [2.75, 3.05) is 29.9 Å². The second-order valence-electron chi connectivity index (χ2n) is 5.45. The van der Waals surface area contributed by atoms with Gasteiger partial charge < -0.3 is 15.3 Å². The lowest BCUT2D eigenvalue weighted by atomic mass is 10.1. The van der Waals surface area contributed by atoms with Gasteiger partial charge in [0.1, 0.15) is 18.0 Å². The molecule has 1 unspecified atom stereocenters. The molecule has 0 saturated carbocycles. The number of anilines is 2. The molecule has 0 amide bonds. The number of rotatable bonds is 7. The Balaban J connectivity index is 2.14. The van der Waals surface area contributed by atoms with Gasteiger partial charge in [0, 0.05) is 31.3 Å². The SMILES string of the molecule is CCCNc1ncnc(N2CCCC2CCCO)c1C. The van der Waals surface area contributed by atoms with E-state index < -0.39 is 0 Å². The van der Waals surface area contributed by atoms with Crippen LogP contribution in [-0.4, -0.2) is 40.8 Å². The van der Waals surface area contributed by atoms with Crippen LogP contribution in [0.1, 0.15) is 44.6 Å². The van der Waals surface area contributed by atoms with E-state index in [1.54, 1.807) is 6.33 Å². The van der Waals surface area contributed by atoms with Crippen molar-refractivity contribution < 1.29 is 5.11 Å². The highest BCUT2D eigenvalue weighted by atomic mass is 16.2. The van der Waals surface area contributed by atoms with Gasteiger partial charge in [-0.05, 0) is 39.0 Å². The van der Waals surface area contributed by atoms with Crippen LogP contribution in [0.2, 0.25) is 0 Å². The van der Waals surface area contributed by atoms with Gasteiger partial charge in [0.25, 0.3) is 0 Å². The zero-order valence-corrected chi connectivity index (χ0v) is 12.6. The van der Waals surface area contributed by atoms with Crippen LogP contribution < -0.4 is 10.2 Å². The molecule has 5 nitrogen and oxygen atoms in total. The summed E-state index contributed by atoms with van der Waals surface area (Å²) >= 11 is 0. The number of aliphatic hydroxyl groups is 1. The molecule has 1 aliphatic heterocycles.